The summed E-state index contributed by atoms with van der Waals surface area (Å²) in [5.74, 6) is 0.823. The molecule has 1 aliphatic carbocycles. The van der Waals surface area contributed by atoms with Crippen LogP contribution in [0.1, 0.15) is 60.9 Å². The minimum absolute atomic E-state index is 0.0819. The fourth-order valence-electron chi connectivity index (χ4n) is 5.63. The molecule has 0 radical (unpaired) electrons. The molecule has 178 valence electrons. The number of nitrogens with zero attached hydrogens (tertiary/aromatic N) is 2. The van der Waals surface area contributed by atoms with Crippen molar-refractivity contribution >= 4 is 5.91 Å². The summed E-state index contributed by atoms with van der Waals surface area (Å²) in [7, 11) is 1.86. The smallest absolute Gasteiger partial charge is 0.253 e. The van der Waals surface area contributed by atoms with E-state index in [0.717, 1.165) is 38.1 Å². The third-order valence-corrected chi connectivity index (χ3v) is 7.67. The normalized spacial score (nSPS) is 21.9. The molecule has 2 aromatic rings. The zero-order valence-corrected chi connectivity index (χ0v) is 19.7. The van der Waals surface area contributed by atoms with E-state index in [0.29, 0.717) is 11.5 Å². The fraction of sp³-hybridized carbons (Fsp3) is 0.536. The Labute approximate surface area is 196 Å². The second-order valence-corrected chi connectivity index (χ2v) is 10.0. The highest BCUT2D eigenvalue weighted by Gasteiger charge is 2.32. The Balaban J connectivity index is 1.15. The van der Waals surface area contributed by atoms with E-state index < -0.39 is 0 Å². The van der Waals surface area contributed by atoms with Crippen LogP contribution in [0.15, 0.2) is 48.5 Å². The van der Waals surface area contributed by atoms with Crippen molar-refractivity contribution in [3.8, 4) is 0 Å². The van der Waals surface area contributed by atoms with Crippen LogP contribution >= 0.6 is 0 Å². The largest absolute Gasteiger partial charge is 0.339 e. The Hall–Kier alpha value is -2.27. The van der Waals surface area contributed by atoms with E-state index in [1.165, 1.54) is 56.5 Å². The van der Waals surface area contributed by atoms with Gasteiger partial charge in [-0.3, -0.25) is 4.79 Å². The van der Waals surface area contributed by atoms with E-state index in [9.17, 15) is 13.6 Å². The number of carbonyl (C=O) groups is 1. The van der Waals surface area contributed by atoms with E-state index in [4.69, 9.17) is 0 Å². The maximum absolute atomic E-state index is 13.5. The quantitative estimate of drug-likeness (QED) is 0.493. The zero-order chi connectivity index (χ0) is 23.2. The number of aryl methyl sites for hydroxylation is 1. The van der Waals surface area contributed by atoms with Gasteiger partial charge in [0.15, 0.2) is 0 Å². The van der Waals surface area contributed by atoms with Gasteiger partial charge in [-0.15, -0.1) is 0 Å². The van der Waals surface area contributed by atoms with E-state index >= 15 is 0 Å². The number of rotatable bonds is 8. The van der Waals surface area contributed by atoms with E-state index in [2.05, 4.69) is 4.90 Å². The molecule has 0 aromatic heterocycles. The van der Waals surface area contributed by atoms with Crippen LogP contribution < -0.4 is 0 Å². The molecule has 0 spiro atoms. The summed E-state index contributed by atoms with van der Waals surface area (Å²) >= 11 is 0. The van der Waals surface area contributed by atoms with Crippen LogP contribution in [0.4, 0.5) is 8.78 Å². The summed E-state index contributed by atoms with van der Waals surface area (Å²) < 4.78 is 26.5. The summed E-state index contributed by atoms with van der Waals surface area (Å²) in [6, 6.07) is 13.1. The van der Waals surface area contributed by atoms with Gasteiger partial charge in [-0.05, 0) is 106 Å². The summed E-state index contributed by atoms with van der Waals surface area (Å²) in [5, 5.41) is 0. The molecular formula is C28H36F2N2O. The van der Waals surface area contributed by atoms with Crippen LogP contribution in [0.25, 0.3) is 0 Å². The molecule has 2 atom stereocenters. The molecule has 2 aliphatic rings. The number of likely N-dealkylation sites (tertiary alicyclic amines) is 1. The summed E-state index contributed by atoms with van der Waals surface area (Å²) in [6.07, 6.45) is 9.21. The highest BCUT2D eigenvalue weighted by atomic mass is 19.1. The topological polar surface area (TPSA) is 23.6 Å². The Kier molecular flexibility index (Phi) is 8.13. The first-order chi connectivity index (χ1) is 16.0. The number of hydrogen-bond donors (Lipinski definition) is 0. The highest BCUT2D eigenvalue weighted by molar-refractivity contribution is 5.94. The Morgan fingerprint density at radius 3 is 2.45 bits per heavy atom. The van der Waals surface area contributed by atoms with Gasteiger partial charge in [-0.2, -0.15) is 0 Å². The lowest BCUT2D eigenvalue weighted by Crippen LogP contribution is -2.38. The molecule has 33 heavy (non-hydrogen) atoms. The number of piperidine rings is 1. The molecule has 0 N–H and O–H groups in total. The first-order valence-corrected chi connectivity index (χ1v) is 12.5. The molecule has 2 fully saturated rings. The van der Waals surface area contributed by atoms with Crippen molar-refractivity contribution in [2.75, 3.05) is 26.7 Å². The number of halogens is 2. The summed E-state index contributed by atoms with van der Waals surface area (Å²) in [6.45, 7) is 3.46. The van der Waals surface area contributed by atoms with Gasteiger partial charge in [-0.25, -0.2) is 8.78 Å². The molecule has 2 aromatic carbocycles. The van der Waals surface area contributed by atoms with Crippen molar-refractivity contribution in [2.24, 2.45) is 11.8 Å². The maximum atomic E-state index is 13.5. The second-order valence-electron chi connectivity index (χ2n) is 10.0. The molecule has 1 saturated carbocycles. The van der Waals surface area contributed by atoms with Gasteiger partial charge in [0, 0.05) is 25.2 Å². The van der Waals surface area contributed by atoms with E-state index in [1.807, 2.05) is 24.1 Å². The van der Waals surface area contributed by atoms with Crippen molar-refractivity contribution in [2.45, 2.75) is 57.4 Å². The van der Waals surface area contributed by atoms with Crippen molar-refractivity contribution in [1.29, 1.82) is 0 Å². The lowest BCUT2D eigenvalue weighted by atomic mass is 9.90. The first-order valence-electron chi connectivity index (χ1n) is 12.5. The molecule has 1 aliphatic heterocycles. The third kappa shape index (κ3) is 6.63. The summed E-state index contributed by atoms with van der Waals surface area (Å²) in [4.78, 5) is 17.2. The minimum atomic E-state index is -0.364. The van der Waals surface area contributed by atoms with Crippen LogP contribution in [0, 0.1) is 23.5 Å². The average Bonchev–Trinajstić information content (AvgIpc) is 3.29. The van der Waals surface area contributed by atoms with Crippen LogP contribution in [0.2, 0.25) is 0 Å². The van der Waals surface area contributed by atoms with Crippen LogP contribution in [-0.2, 0) is 6.42 Å². The van der Waals surface area contributed by atoms with Gasteiger partial charge < -0.3 is 9.80 Å². The van der Waals surface area contributed by atoms with Crippen LogP contribution in [-0.4, -0.2) is 48.4 Å². The standard InChI is InChI=1S/C28H36F2N2O/c1-31(28(33)24-6-3-7-26(30)19-24)27-13-10-23(18-27)20-32-16-14-22(15-17-32)5-2-4-21-8-11-25(29)12-9-21/h3,6-9,11-12,19,22-23,27H,2,4-5,10,13-18,20H2,1H3. The van der Waals surface area contributed by atoms with Crippen molar-refractivity contribution in [3.05, 3.63) is 71.3 Å². The number of hydrogen-bond acceptors (Lipinski definition) is 2. The summed E-state index contributed by atoms with van der Waals surface area (Å²) in [5.41, 5.74) is 1.66. The lowest BCUT2D eigenvalue weighted by molar-refractivity contribution is 0.0728. The monoisotopic (exact) mass is 454 g/mol. The molecule has 2 unspecified atom stereocenters. The Morgan fingerprint density at radius 2 is 1.73 bits per heavy atom. The number of benzene rings is 2. The second kappa shape index (κ2) is 11.2. The van der Waals surface area contributed by atoms with Gasteiger partial charge in [0.05, 0.1) is 0 Å². The predicted octanol–water partition coefficient (Wildman–Crippen LogP) is 5.94. The van der Waals surface area contributed by atoms with Gasteiger partial charge in [0.1, 0.15) is 11.6 Å². The predicted molar refractivity (Wildman–Crippen MR) is 128 cm³/mol. The van der Waals surface area contributed by atoms with Crippen LogP contribution in [0.3, 0.4) is 0 Å². The van der Waals surface area contributed by atoms with E-state index in [-0.39, 0.29) is 23.6 Å². The molecule has 3 nitrogen and oxygen atoms in total. The van der Waals surface area contributed by atoms with Crippen molar-refractivity contribution in [1.82, 2.24) is 9.80 Å². The maximum Gasteiger partial charge on any atom is 0.253 e. The van der Waals surface area contributed by atoms with Crippen molar-refractivity contribution < 1.29 is 13.6 Å². The minimum Gasteiger partial charge on any atom is -0.339 e. The third-order valence-electron chi connectivity index (χ3n) is 7.67. The average molecular weight is 455 g/mol. The van der Waals surface area contributed by atoms with Gasteiger partial charge in [0.25, 0.3) is 5.91 Å². The van der Waals surface area contributed by atoms with Crippen molar-refractivity contribution in [3.63, 3.8) is 0 Å². The molecular weight excluding hydrogens is 418 g/mol. The lowest BCUT2D eigenvalue weighted by Gasteiger charge is -2.34. The zero-order valence-electron chi connectivity index (χ0n) is 19.7. The molecule has 1 heterocycles. The van der Waals surface area contributed by atoms with E-state index in [1.54, 1.807) is 24.3 Å². The molecule has 0 bridgehead atoms. The SMILES string of the molecule is CN(C(=O)c1cccc(F)c1)C1CCC(CN2CCC(CCCc3ccc(F)cc3)CC2)C1. The van der Waals surface area contributed by atoms with Gasteiger partial charge in [-0.1, -0.05) is 24.6 Å². The molecule has 1 saturated heterocycles. The number of amides is 1. The Bertz CT molecular complexity index is 908. The van der Waals surface area contributed by atoms with Gasteiger partial charge in [0.2, 0.25) is 0 Å². The fourth-order valence-corrected chi connectivity index (χ4v) is 5.63. The van der Waals surface area contributed by atoms with Crippen LogP contribution in [0.5, 0.6) is 0 Å². The molecule has 5 heteroatoms. The highest BCUT2D eigenvalue weighted by Crippen LogP contribution is 2.32. The number of carbonyl (C=O) groups excluding carboxylic acids is 1. The Morgan fingerprint density at radius 1 is 0.970 bits per heavy atom. The molecule has 4 rings (SSSR count). The van der Waals surface area contributed by atoms with Gasteiger partial charge >= 0.3 is 0 Å². The molecule has 1 amide bonds. The first kappa shape index (κ1) is 23.9.